The number of hydrogen-bond acceptors (Lipinski definition) is 2. The number of rotatable bonds is 2. The zero-order valence-electron chi connectivity index (χ0n) is 9.34. The van der Waals surface area contributed by atoms with Crippen LogP contribution in [-0.2, 0) is 0 Å². The van der Waals surface area contributed by atoms with Gasteiger partial charge in [0.15, 0.2) is 0 Å². The number of aryl methyl sites for hydroxylation is 2. The van der Waals surface area contributed by atoms with Crippen LogP contribution >= 0.6 is 0 Å². The molecule has 0 radical (unpaired) electrons. The van der Waals surface area contributed by atoms with E-state index in [1.165, 1.54) is 0 Å². The number of nitrogens with zero attached hydrogens (tertiary/aromatic N) is 2. The molecular weight excluding hydrogens is 200 g/mol. The summed E-state index contributed by atoms with van der Waals surface area (Å²) in [5.74, 6) is 0.0431. The molecule has 0 unspecified atom stereocenters. The molecule has 3 heteroatoms. The largest absolute Gasteiger partial charge is 0.872 e. The van der Waals surface area contributed by atoms with Crippen molar-refractivity contribution in [3.8, 4) is 5.75 Å². The van der Waals surface area contributed by atoms with Gasteiger partial charge in [-0.05, 0) is 31.5 Å². The maximum Gasteiger partial charge on any atom is 0.0545 e. The van der Waals surface area contributed by atoms with Crippen LogP contribution in [0.2, 0.25) is 0 Å². The second-order valence-electron chi connectivity index (χ2n) is 3.81. The van der Waals surface area contributed by atoms with Gasteiger partial charge in [-0.15, -0.1) is 0 Å². The van der Waals surface area contributed by atoms with Crippen LogP contribution in [0.25, 0.3) is 0 Å². The van der Waals surface area contributed by atoms with Crippen molar-refractivity contribution in [2.75, 3.05) is 0 Å². The van der Waals surface area contributed by atoms with Gasteiger partial charge in [0.05, 0.1) is 6.21 Å². The van der Waals surface area contributed by atoms with Crippen LogP contribution in [0.4, 0.5) is 0 Å². The van der Waals surface area contributed by atoms with Crippen molar-refractivity contribution in [1.82, 2.24) is 4.68 Å². The lowest BCUT2D eigenvalue weighted by molar-refractivity contribution is -0.269. The Balaban J connectivity index is 2.34. The standard InChI is InChI=1S/C13H14N2O/c1-10-7-11(2)13(16)12(8-10)9-14-15-5-3-4-6-15/h3-9,16H,1-2H3/p-1/b14-9+. The van der Waals surface area contributed by atoms with E-state index < -0.39 is 0 Å². The molecule has 1 aromatic carbocycles. The lowest BCUT2D eigenvalue weighted by Crippen LogP contribution is -2.00. The number of hydrogen-bond donors (Lipinski definition) is 0. The summed E-state index contributed by atoms with van der Waals surface area (Å²) in [5.41, 5.74) is 2.46. The topological polar surface area (TPSA) is 40.4 Å². The fraction of sp³-hybridized carbons (Fsp3) is 0.154. The van der Waals surface area contributed by atoms with Gasteiger partial charge in [-0.1, -0.05) is 29.0 Å². The SMILES string of the molecule is Cc1cc(C)c([O-])c(/C=N/n2cccc2)c1. The summed E-state index contributed by atoms with van der Waals surface area (Å²) in [6.07, 6.45) is 5.25. The lowest BCUT2D eigenvalue weighted by atomic mass is 10.1. The van der Waals surface area contributed by atoms with Crippen LogP contribution in [0.5, 0.6) is 5.75 Å². The smallest absolute Gasteiger partial charge is 0.0545 e. The Morgan fingerprint density at radius 2 is 1.88 bits per heavy atom. The monoisotopic (exact) mass is 213 g/mol. The molecule has 0 fully saturated rings. The van der Waals surface area contributed by atoms with Gasteiger partial charge in [0.1, 0.15) is 0 Å². The Kier molecular flexibility index (Phi) is 2.77. The van der Waals surface area contributed by atoms with E-state index in [4.69, 9.17) is 0 Å². The predicted molar refractivity (Wildman–Crippen MR) is 62.8 cm³/mol. The van der Waals surface area contributed by atoms with Gasteiger partial charge in [-0.25, -0.2) is 4.68 Å². The fourth-order valence-electron chi connectivity index (χ4n) is 1.61. The molecule has 0 aliphatic carbocycles. The van der Waals surface area contributed by atoms with Crippen molar-refractivity contribution in [3.63, 3.8) is 0 Å². The van der Waals surface area contributed by atoms with Gasteiger partial charge >= 0.3 is 0 Å². The average molecular weight is 213 g/mol. The van der Waals surface area contributed by atoms with Gasteiger partial charge in [0.2, 0.25) is 0 Å². The Morgan fingerprint density at radius 1 is 1.19 bits per heavy atom. The van der Waals surface area contributed by atoms with Crippen molar-refractivity contribution in [2.45, 2.75) is 13.8 Å². The third kappa shape index (κ3) is 2.14. The summed E-state index contributed by atoms with van der Waals surface area (Å²) in [6.45, 7) is 3.79. The summed E-state index contributed by atoms with van der Waals surface area (Å²) in [7, 11) is 0. The second-order valence-corrected chi connectivity index (χ2v) is 3.81. The predicted octanol–water partition coefficient (Wildman–Crippen LogP) is 2.06. The minimum absolute atomic E-state index is 0.0431. The highest BCUT2D eigenvalue weighted by molar-refractivity contribution is 5.84. The molecule has 0 saturated carbocycles. The summed E-state index contributed by atoms with van der Waals surface area (Å²) < 4.78 is 1.66. The first-order chi connectivity index (χ1) is 7.66. The first kappa shape index (κ1) is 10.5. The normalized spacial score (nSPS) is 11.1. The molecule has 2 rings (SSSR count). The Hall–Kier alpha value is -2.03. The minimum Gasteiger partial charge on any atom is -0.872 e. The maximum atomic E-state index is 11.8. The third-order valence-corrected chi connectivity index (χ3v) is 2.37. The molecule has 1 aromatic heterocycles. The highest BCUT2D eigenvalue weighted by atomic mass is 16.3. The van der Waals surface area contributed by atoms with E-state index in [9.17, 15) is 5.11 Å². The Bertz CT molecular complexity index is 513. The molecule has 1 heterocycles. The highest BCUT2D eigenvalue weighted by Crippen LogP contribution is 2.19. The van der Waals surface area contributed by atoms with Crippen LogP contribution in [0.3, 0.4) is 0 Å². The van der Waals surface area contributed by atoms with Gasteiger partial charge in [0, 0.05) is 12.4 Å². The summed E-state index contributed by atoms with van der Waals surface area (Å²) >= 11 is 0. The van der Waals surface area contributed by atoms with Crippen LogP contribution in [0.1, 0.15) is 16.7 Å². The second kappa shape index (κ2) is 4.23. The van der Waals surface area contributed by atoms with Crippen molar-refractivity contribution in [3.05, 3.63) is 53.3 Å². The van der Waals surface area contributed by atoms with Gasteiger partial charge in [0.25, 0.3) is 0 Å². The van der Waals surface area contributed by atoms with E-state index in [1.54, 1.807) is 10.9 Å². The van der Waals surface area contributed by atoms with E-state index in [2.05, 4.69) is 5.10 Å². The van der Waals surface area contributed by atoms with E-state index in [0.717, 1.165) is 11.1 Å². The van der Waals surface area contributed by atoms with Crippen LogP contribution in [0.15, 0.2) is 41.8 Å². The van der Waals surface area contributed by atoms with Crippen LogP contribution < -0.4 is 5.11 Å². The fourth-order valence-corrected chi connectivity index (χ4v) is 1.61. The van der Waals surface area contributed by atoms with Crippen LogP contribution in [-0.4, -0.2) is 10.9 Å². The van der Waals surface area contributed by atoms with E-state index >= 15 is 0 Å². The molecule has 0 amide bonds. The zero-order valence-corrected chi connectivity index (χ0v) is 9.34. The average Bonchev–Trinajstić information content (AvgIpc) is 2.74. The molecule has 0 saturated heterocycles. The maximum absolute atomic E-state index is 11.8. The Morgan fingerprint density at radius 3 is 2.56 bits per heavy atom. The first-order valence-electron chi connectivity index (χ1n) is 5.12. The zero-order chi connectivity index (χ0) is 11.5. The molecule has 0 N–H and O–H groups in total. The third-order valence-electron chi connectivity index (χ3n) is 2.37. The molecule has 3 nitrogen and oxygen atoms in total. The number of benzene rings is 1. The van der Waals surface area contributed by atoms with E-state index in [-0.39, 0.29) is 5.75 Å². The van der Waals surface area contributed by atoms with Gasteiger partial charge < -0.3 is 5.11 Å². The molecular formula is C13H13N2O-. The first-order valence-corrected chi connectivity index (χ1v) is 5.12. The van der Waals surface area contributed by atoms with Crippen molar-refractivity contribution < 1.29 is 5.11 Å². The Labute approximate surface area is 94.7 Å². The molecule has 16 heavy (non-hydrogen) atoms. The molecule has 82 valence electrons. The minimum atomic E-state index is 0.0431. The molecule has 0 aliphatic heterocycles. The van der Waals surface area contributed by atoms with E-state index in [0.29, 0.717) is 5.56 Å². The molecule has 0 aliphatic rings. The van der Waals surface area contributed by atoms with Crippen molar-refractivity contribution in [2.24, 2.45) is 5.10 Å². The summed E-state index contributed by atoms with van der Waals surface area (Å²) in [4.78, 5) is 0. The summed E-state index contributed by atoms with van der Waals surface area (Å²) in [6, 6.07) is 7.51. The van der Waals surface area contributed by atoms with Crippen LogP contribution in [0, 0.1) is 13.8 Å². The molecule has 2 aromatic rings. The lowest BCUT2D eigenvalue weighted by Gasteiger charge is -2.14. The quantitative estimate of drug-likeness (QED) is 0.704. The highest BCUT2D eigenvalue weighted by Gasteiger charge is 1.96. The molecule has 0 atom stereocenters. The van der Waals surface area contributed by atoms with Gasteiger partial charge in [-0.2, -0.15) is 5.10 Å². The molecule has 0 bridgehead atoms. The molecule has 0 spiro atoms. The summed E-state index contributed by atoms with van der Waals surface area (Å²) in [5, 5.41) is 16.0. The van der Waals surface area contributed by atoms with Crippen molar-refractivity contribution >= 4 is 6.21 Å². The number of aromatic nitrogens is 1. The van der Waals surface area contributed by atoms with Gasteiger partial charge in [-0.3, -0.25) is 0 Å². The van der Waals surface area contributed by atoms with Crippen molar-refractivity contribution in [1.29, 1.82) is 0 Å². The van der Waals surface area contributed by atoms with E-state index in [1.807, 2.05) is 50.5 Å².